The number of sulfonamides is 1. The van der Waals surface area contributed by atoms with E-state index in [4.69, 9.17) is 0 Å². The average Bonchev–Trinajstić information content (AvgIpc) is 2.74. The topological polar surface area (TPSA) is 50.6 Å². The summed E-state index contributed by atoms with van der Waals surface area (Å²) in [6.07, 6.45) is 0. The molecule has 2 N–H and O–H groups in total. The zero-order valence-corrected chi connectivity index (χ0v) is 17.1. The van der Waals surface area contributed by atoms with Crippen LogP contribution in [0.25, 0.3) is 0 Å². The van der Waals surface area contributed by atoms with Gasteiger partial charge in [0.15, 0.2) is 0 Å². The van der Waals surface area contributed by atoms with Gasteiger partial charge in [0.2, 0.25) is 10.0 Å². The van der Waals surface area contributed by atoms with E-state index in [-0.39, 0.29) is 4.90 Å². The molecule has 3 rings (SSSR count). The number of hydrogen-bond acceptors (Lipinski definition) is 2. The van der Waals surface area contributed by atoms with Crippen LogP contribution in [-0.4, -0.2) is 22.0 Å². The van der Waals surface area contributed by atoms with Crippen LogP contribution >= 0.6 is 0 Å². The maximum absolute atomic E-state index is 12.8. The second-order valence-corrected chi connectivity index (χ2v) is 9.05. The van der Waals surface area contributed by atoms with Crippen molar-refractivity contribution in [2.24, 2.45) is 0 Å². The fraction of sp³-hybridized carbons (Fsp3) is 0.217. The molecule has 0 heterocycles. The van der Waals surface area contributed by atoms with E-state index in [1.165, 1.54) is 10.5 Å². The van der Waals surface area contributed by atoms with Gasteiger partial charge in [-0.2, -0.15) is 0 Å². The third-order valence-electron chi connectivity index (χ3n) is 5.33. The second-order valence-electron chi connectivity index (χ2n) is 7.28. The molecule has 5 heteroatoms. The Kier molecular flexibility index (Phi) is 6.29. The molecule has 146 valence electrons. The maximum atomic E-state index is 12.8. The van der Waals surface area contributed by atoms with Crippen molar-refractivity contribution in [3.05, 3.63) is 102 Å². The third kappa shape index (κ3) is 4.68. The van der Waals surface area contributed by atoms with Crippen molar-refractivity contribution >= 4 is 10.0 Å². The highest BCUT2D eigenvalue weighted by molar-refractivity contribution is 7.89. The van der Waals surface area contributed by atoms with Crippen LogP contribution in [0.1, 0.15) is 18.1 Å². The molecule has 28 heavy (non-hydrogen) atoms. The van der Waals surface area contributed by atoms with Gasteiger partial charge in [-0.25, -0.2) is 13.1 Å². The maximum Gasteiger partial charge on any atom is 0.240 e. The summed E-state index contributed by atoms with van der Waals surface area (Å²) in [4.78, 5) is 1.49. The Labute approximate surface area is 167 Å². The molecule has 0 aliphatic rings. The average molecular weight is 396 g/mol. The number of nitrogens with one attached hydrogen (secondary N) is 2. The molecule has 0 saturated carbocycles. The Hall–Kier alpha value is -2.47. The lowest BCUT2D eigenvalue weighted by atomic mass is 9.90. The molecule has 2 atom stereocenters. The molecular weight excluding hydrogens is 368 g/mol. The Morgan fingerprint density at radius 3 is 1.89 bits per heavy atom. The van der Waals surface area contributed by atoms with E-state index in [1.54, 1.807) is 24.3 Å². The third-order valence-corrected chi connectivity index (χ3v) is 6.75. The van der Waals surface area contributed by atoms with Gasteiger partial charge in [-0.3, -0.25) is 0 Å². The summed E-state index contributed by atoms with van der Waals surface area (Å²) in [5, 5.41) is 0. The van der Waals surface area contributed by atoms with Crippen LogP contribution in [0.4, 0.5) is 0 Å². The molecule has 0 radical (unpaired) electrons. The first-order chi connectivity index (χ1) is 13.4. The van der Waals surface area contributed by atoms with Crippen LogP contribution in [-0.2, 0) is 22.1 Å². The molecule has 0 bridgehead atoms. The standard InChI is InChI=1S/C23H26N2O2S/c1-23(21-14-8-4-9-15-21,25(2)18-20-12-6-3-7-13-20)19-24-28(26,27)22-16-10-5-11-17-22/h3-17,24H,18-19H2,1-2H3/p+1/t23-/m0/s1. The Bertz CT molecular complexity index is 977. The quantitative estimate of drug-likeness (QED) is 0.616. The molecule has 0 saturated heterocycles. The highest BCUT2D eigenvalue weighted by Gasteiger charge is 2.37. The number of quaternary nitrogens is 1. The molecule has 3 aromatic rings. The molecule has 1 unspecified atom stereocenters. The predicted molar refractivity (Wildman–Crippen MR) is 112 cm³/mol. The summed E-state index contributed by atoms with van der Waals surface area (Å²) >= 11 is 0. The van der Waals surface area contributed by atoms with Crippen LogP contribution in [0.5, 0.6) is 0 Å². The first-order valence-corrected chi connectivity index (χ1v) is 10.9. The monoisotopic (exact) mass is 395 g/mol. The molecular formula is C23H27N2O2S+. The fourth-order valence-electron chi connectivity index (χ4n) is 3.32. The highest BCUT2D eigenvalue weighted by atomic mass is 32.2. The first kappa shape index (κ1) is 20.3. The molecule has 3 aromatic carbocycles. The fourth-order valence-corrected chi connectivity index (χ4v) is 4.49. The van der Waals surface area contributed by atoms with Crippen LogP contribution in [0.2, 0.25) is 0 Å². The van der Waals surface area contributed by atoms with E-state index in [9.17, 15) is 8.42 Å². The lowest BCUT2D eigenvalue weighted by molar-refractivity contribution is -0.952. The summed E-state index contributed by atoms with van der Waals surface area (Å²) < 4.78 is 28.4. The van der Waals surface area contributed by atoms with Crippen LogP contribution < -0.4 is 9.62 Å². The van der Waals surface area contributed by atoms with E-state index < -0.39 is 15.6 Å². The van der Waals surface area contributed by atoms with E-state index in [0.29, 0.717) is 6.54 Å². The van der Waals surface area contributed by atoms with Gasteiger partial charge in [0.05, 0.1) is 18.5 Å². The summed E-state index contributed by atoms with van der Waals surface area (Å²) in [6.45, 7) is 3.19. The van der Waals surface area contributed by atoms with Crippen LogP contribution in [0.15, 0.2) is 95.9 Å². The van der Waals surface area contributed by atoms with Gasteiger partial charge in [0.1, 0.15) is 12.1 Å². The van der Waals surface area contributed by atoms with E-state index in [1.807, 2.05) is 42.5 Å². The predicted octanol–water partition coefficient (Wildman–Crippen LogP) is 2.60. The zero-order valence-electron chi connectivity index (χ0n) is 16.3. The number of benzene rings is 3. The largest absolute Gasteiger partial charge is 0.324 e. The SMILES string of the molecule is C[NH+](Cc1ccccc1)[C@@](C)(CNS(=O)(=O)c1ccccc1)c1ccccc1. The summed E-state index contributed by atoms with van der Waals surface area (Å²) in [5.41, 5.74) is 1.88. The first-order valence-electron chi connectivity index (χ1n) is 9.39. The number of likely N-dealkylation sites (N-methyl/N-ethyl adjacent to an activating group) is 1. The Morgan fingerprint density at radius 1 is 0.821 bits per heavy atom. The van der Waals surface area contributed by atoms with Gasteiger partial charge in [0.25, 0.3) is 0 Å². The van der Waals surface area contributed by atoms with Crippen LogP contribution in [0.3, 0.4) is 0 Å². The highest BCUT2D eigenvalue weighted by Crippen LogP contribution is 2.18. The van der Waals surface area contributed by atoms with Crippen molar-refractivity contribution in [1.82, 2.24) is 4.72 Å². The lowest BCUT2D eigenvalue weighted by Crippen LogP contribution is -3.15. The smallest absolute Gasteiger partial charge is 0.240 e. The Morgan fingerprint density at radius 2 is 1.32 bits per heavy atom. The van der Waals surface area contributed by atoms with Crippen molar-refractivity contribution in [3.63, 3.8) is 0 Å². The molecule has 0 aliphatic carbocycles. The van der Waals surface area contributed by atoms with Crippen molar-refractivity contribution < 1.29 is 13.3 Å². The van der Waals surface area contributed by atoms with Gasteiger partial charge in [-0.15, -0.1) is 0 Å². The molecule has 0 aliphatic heterocycles. The van der Waals surface area contributed by atoms with E-state index >= 15 is 0 Å². The van der Waals surface area contributed by atoms with E-state index in [0.717, 1.165) is 12.1 Å². The lowest BCUT2D eigenvalue weighted by Gasteiger charge is -2.36. The normalized spacial score (nSPS) is 14.9. The van der Waals surface area contributed by atoms with Gasteiger partial charge in [-0.05, 0) is 19.1 Å². The molecule has 0 spiro atoms. The van der Waals surface area contributed by atoms with Crippen molar-refractivity contribution in [2.45, 2.75) is 23.9 Å². The zero-order chi connectivity index (χ0) is 20.0. The minimum absolute atomic E-state index is 0.283. The molecule has 4 nitrogen and oxygen atoms in total. The molecule has 0 amide bonds. The van der Waals surface area contributed by atoms with Gasteiger partial charge >= 0.3 is 0 Å². The van der Waals surface area contributed by atoms with E-state index in [2.05, 4.69) is 43.0 Å². The van der Waals surface area contributed by atoms with Gasteiger partial charge in [0, 0.05) is 11.1 Å². The summed E-state index contributed by atoms with van der Waals surface area (Å²) in [7, 11) is -1.46. The molecule has 0 aromatic heterocycles. The van der Waals surface area contributed by atoms with Crippen molar-refractivity contribution in [1.29, 1.82) is 0 Å². The number of rotatable bonds is 8. The van der Waals surface area contributed by atoms with Crippen molar-refractivity contribution in [2.75, 3.05) is 13.6 Å². The number of hydrogen-bond donors (Lipinski definition) is 2. The molecule has 0 fully saturated rings. The van der Waals surface area contributed by atoms with Crippen molar-refractivity contribution in [3.8, 4) is 0 Å². The van der Waals surface area contributed by atoms with Gasteiger partial charge < -0.3 is 4.90 Å². The summed E-state index contributed by atoms with van der Waals surface area (Å²) in [6, 6.07) is 28.9. The van der Waals surface area contributed by atoms with Gasteiger partial charge in [-0.1, -0.05) is 78.9 Å². The van der Waals surface area contributed by atoms with Crippen LogP contribution in [0, 0.1) is 0 Å². The minimum Gasteiger partial charge on any atom is -0.324 e. The minimum atomic E-state index is -3.57. The Balaban J connectivity index is 1.87. The summed E-state index contributed by atoms with van der Waals surface area (Å²) in [5.74, 6) is 0. The second kappa shape index (κ2) is 8.69.